The fraction of sp³-hybridized carbons (Fsp3) is 0.364. The molecular weight excluding hydrogens is 181 g/mol. The minimum atomic E-state index is -0.236. The van der Waals surface area contributed by atoms with Crippen molar-refractivity contribution in [3.63, 3.8) is 0 Å². The second-order valence-electron chi connectivity index (χ2n) is 3.39. The van der Waals surface area contributed by atoms with Gasteiger partial charge in [-0.1, -0.05) is 19.1 Å². The summed E-state index contributed by atoms with van der Waals surface area (Å²) in [6.07, 6.45) is 0. The molecular formula is C11H14FNO. The SMILES string of the molecule is CC(=O)NCC(C)c1ccc(F)cc1. The van der Waals surface area contributed by atoms with Crippen LogP contribution in [0.5, 0.6) is 0 Å². The summed E-state index contributed by atoms with van der Waals surface area (Å²) in [5, 5.41) is 2.73. The molecule has 0 aromatic heterocycles. The fourth-order valence-electron chi connectivity index (χ4n) is 1.21. The Kier molecular flexibility index (Phi) is 3.63. The van der Waals surface area contributed by atoms with Crippen molar-refractivity contribution in [2.75, 3.05) is 6.54 Å². The summed E-state index contributed by atoms with van der Waals surface area (Å²) < 4.78 is 12.6. The lowest BCUT2D eigenvalue weighted by Gasteiger charge is -2.11. The summed E-state index contributed by atoms with van der Waals surface area (Å²) >= 11 is 0. The van der Waals surface area contributed by atoms with Gasteiger partial charge in [-0.15, -0.1) is 0 Å². The van der Waals surface area contributed by atoms with Crippen LogP contribution < -0.4 is 5.32 Å². The van der Waals surface area contributed by atoms with Crippen LogP contribution in [0, 0.1) is 5.82 Å². The molecule has 1 rings (SSSR count). The highest BCUT2D eigenvalue weighted by Crippen LogP contribution is 2.14. The average molecular weight is 195 g/mol. The molecule has 0 aliphatic rings. The number of hydrogen-bond donors (Lipinski definition) is 1. The van der Waals surface area contributed by atoms with E-state index in [4.69, 9.17) is 0 Å². The van der Waals surface area contributed by atoms with E-state index in [1.165, 1.54) is 19.1 Å². The Balaban J connectivity index is 2.56. The van der Waals surface area contributed by atoms with Crippen LogP contribution in [0.1, 0.15) is 25.3 Å². The molecule has 0 bridgehead atoms. The number of benzene rings is 1. The molecule has 1 unspecified atom stereocenters. The van der Waals surface area contributed by atoms with Crippen molar-refractivity contribution in [1.82, 2.24) is 5.32 Å². The van der Waals surface area contributed by atoms with Gasteiger partial charge in [0, 0.05) is 13.5 Å². The number of hydrogen-bond acceptors (Lipinski definition) is 1. The molecule has 3 heteroatoms. The second-order valence-corrected chi connectivity index (χ2v) is 3.39. The third-order valence-corrected chi connectivity index (χ3v) is 2.10. The Labute approximate surface area is 83.1 Å². The maximum Gasteiger partial charge on any atom is 0.216 e. The Morgan fingerprint density at radius 1 is 1.43 bits per heavy atom. The van der Waals surface area contributed by atoms with Crippen molar-refractivity contribution in [3.8, 4) is 0 Å². The van der Waals surface area contributed by atoms with E-state index in [1.807, 2.05) is 6.92 Å². The van der Waals surface area contributed by atoms with Gasteiger partial charge in [0.2, 0.25) is 5.91 Å². The summed E-state index contributed by atoms with van der Waals surface area (Å²) in [6, 6.07) is 6.34. The molecule has 76 valence electrons. The van der Waals surface area contributed by atoms with Crippen molar-refractivity contribution in [3.05, 3.63) is 35.6 Å². The highest BCUT2D eigenvalue weighted by Gasteiger charge is 2.05. The van der Waals surface area contributed by atoms with Gasteiger partial charge >= 0.3 is 0 Å². The third kappa shape index (κ3) is 3.17. The minimum Gasteiger partial charge on any atom is -0.356 e. The minimum absolute atomic E-state index is 0.0426. The van der Waals surface area contributed by atoms with Gasteiger partial charge in [0.05, 0.1) is 0 Å². The van der Waals surface area contributed by atoms with E-state index in [-0.39, 0.29) is 17.6 Å². The van der Waals surface area contributed by atoms with Crippen molar-refractivity contribution in [2.24, 2.45) is 0 Å². The highest BCUT2D eigenvalue weighted by molar-refractivity contribution is 5.72. The highest BCUT2D eigenvalue weighted by atomic mass is 19.1. The Bertz CT molecular complexity index is 308. The van der Waals surface area contributed by atoms with E-state index < -0.39 is 0 Å². The largest absolute Gasteiger partial charge is 0.356 e. The van der Waals surface area contributed by atoms with Gasteiger partial charge in [-0.25, -0.2) is 4.39 Å². The molecule has 0 heterocycles. The molecule has 1 atom stereocenters. The van der Waals surface area contributed by atoms with Gasteiger partial charge in [0.15, 0.2) is 0 Å². The predicted molar refractivity (Wildman–Crippen MR) is 53.5 cm³/mol. The topological polar surface area (TPSA) is 29.1 Å². The number of carbonyl (C=O) groups is 1. The first-order valence-electron chi connectivity index (χ1n) is 4.59. The number of nitrogens with one attached hydrogen (secondary N) is 1. The number of carbonyl (C=O) groups excluding carboxylic acids is 1. The van der Waals surface area contributed by atoms with Crippen molar-refractivity contribution >= 4 is 5.91 Å². The average Bonchev–Trinajstić information content (AvgIpc) is 2.15. The zero-order chi connectivity index (χ0) is 10.6. The van der Waals surface area contributed by atoms with Crippen LogP contribution in [-0.2, 0) is 4.79 Å². The molecule has 14 heavy (non-hydrogen) atoms. The lowest BCUT2D eigenvalue weighted by Crippen LogP contribution is -2.24. The first kappa shape index (κ1) is 10.7. The number of rotatable bonds is 3. The van der Waals surface area contributed by atoms with Gasteiger partial charge in [-0.05, 0) is 23.6 Å². The monoisotopic (exact) mass is 195 g/mol. The fourth-order valence-corrected chi connectivity index (χ4v) is 1.21. The smallest absolute Gasteiger partial charge is 0.216 e. The summed E-state index contributed by atoms with van der Waals surface area (Å²) in [7, 11) is 0. The molecule has 0 aliphatic heterocycles. The van der Waals surface area contributed by atoms with Crippen LogP contribution in [-0.4, -0.2) is 12.5 Å². The number of amides is 1. The zero-order valence-electron chi connectivity index (χ0n) is 8.38. The molecule has 2 nitrogen and oxygen atoms in total. The van der Waals surface area contributed by atoms with E-state index in [0.717, 1.165) is 5.56 Å². The third-order valence-electron chi connectivity index (χ3n) is 2.10. The maximum atomic E-state index is 12.6. The van der Waals surface area contributed by atoms with Crippen LogP contribution in [0.15, 0.2) is 24.3 Å². The van der Waals surface area contributed by atoms with Crippen molar-refractivity contribution in [2.45, 2.75) is 19.8 Å². The summed E-state index contributed by atoms with van der Waals surface area (Å²) in [4.78, 5) is 10.7. The molecule has 0 saturated heterocycles. The lowest BCUT2D eigenvalue weighted by atomic mass is 10.0. The standard InChI is InChI=1S/C11H14FNO/c1-8(7-13-9(2)14)10-3-5-11(12)6-4-10/h3-6,8H,7H2,1-2H3,(H,13,14). The van der Waals surface area contributed by atoms with Crippen LogP contribution >= 0.6 is 0 Å². The van der Waals surface area contributed by atoms with Crippen molar-refractivity contribution < 1.29 is 9.18 Å². The molecule has 0 spiro atoms. The van der Waals surface area contributed by atoms with Gasteiger partial charge in [-0.3, -0.25) is 4.79 Å². The van der Waals surface area contributed by atoms with Crippen molar-refractivity contribution in [1.29, 1.82) is 0 Å². The quantitative estimate of drug-likeness (QED) is 0.786. The van der Waals surface area contributed by atoms with E-state index in [1.54, 1.807) is 12.1 Å². The number of halogens is 1. The predicted octanol–water partition coefficient (Wildman–Crippen LogP) is 2.07. The Morgan fingerprint density at radius 3 is 2.50 bits per heavy atom. The molecule has 1 aromatic rings. The van der Waals surface area contributed by atoms with Gasteiger partial charge in [-0.2, -0.15) is 0 Å². The van der Waals surface area contributed by atoms with E-state index in [0.29, 0.717) is 6.54 Å². The van der Waals surface area contributed by atoms with E-state index >= 15 is 0 Å². The molecule has 0 aliphatic carbocycles. The summed E-state index contributed by atoms with van der Waals surface area (Å²) in [5.41, 5.74) is 1.03. The van der Waals surface area contributed by atoms with E-state index in [9.17, 15) is 9.18 Å². The molecule has 0 fully saturated rings. The summed E-state index contributed by atoms with van der Waals surface area (Å²) in [5.74, 6) is -0.0704. The molecule has 0 saturated carbocycles. The van der Waals surface area contributed by atoms with E-state index in [2.05, 4.69) is 5.32 Å². The molecule has 1 aromatic carbocycles. The Morgan fingerprint density at radius 2 is 2.00 bits per heavy atom. The molecule has 0 radical (unpaired) electrons. The zero-order valence-corrected chi connectivity index (χ0v) is 8.38. The van der Waals surface area contributed by atoms with Gasteiger partial charge in [0.25, 0.3) is 0 Å². The van der Waals surface area contributed by atoms with Crippen LogP contribution in [0.25, 0.3) is 0 Å². The maximum absolute atomic E-state index is 12.6. The van der Waals surface area contributed by atoms with Gasteiger partial charge in [0.1, 0.15) is 5.82 Å². The Hall–Kier alpha value is -1.38. The molecule has 1 N–H and O–H groups in total. The molecule has 1 amide bonds. The second kappa shape index (κ2) is 4.74. The lowest BCUT2D eigenvalue weighted by molar-refractivity contribution is -0.119. The van der Waals surface area contributed by atoms with Crippen LogP contribution in [0.2, 0.25) is 0 Å². The summed E-state index contributed by atoms with van der Waals surface area (Å²) in [6.45, 7) is 4.06. The first-order chi connectivity index (χ1) is 6.59. The van der Waals surface area contributed by atoms with Gasteiger partial charge < -0.3 is 5.32 Å². The normalized spacial score (nSPS) is 12.2. The van der Waals surface area contributed by atoms with Crippen LogP contribution in [0.3, 0.4) is 0 Å². The van der Waals surface area contributed by atoms with Crippen LogP contribution in [0.4, 0.5) is 4.39 Å². The first-order valence-corrected chi connectivity index (χ1v) is 4.59.